The highest BCUT2D eigenvalue weighted by Crippen LogP contribution is 2.37. The molecule has 0 radical (unpaired) electrons. The van der Waals surface area contributed by atoms with Crippen LogP contribution < -0.4 is 9.46 Å². The van der Waals surface area contributed by atoms with Gasteiger partial charge in [0.25, 0.3) is 15.9 Å². The van der Waals surface area contributed by atoms with Gasteiger partial charge in [0.1, 0.15) is 28.9 Å². The van der Waals surface area contributed by atoms with E-state index in [1.807, 2.05) is 4.72 Å². The summed E-state index contributed by atoms with van der Waals surface area (Å²) in [4.78, 5) is 14.0. The monoisotopic (exact) mass is 522 g/mol. The predicted molar refractivity (Wildman–Crippen MR) is 127 cm³/mol. The number of para-hydroxylation sites is 1. The van der Waals surface area contributed by atoms with E-state index in [0.717, 1.165) is 18.2 Å². The smallest absolute Gasteiger partial charge is 0.265 e. The van der Waals surface area contributed by atoms with Gasteiger partial charge in [-0.15, -0.1) is 0 Å². The van der Waals surface area contributed by atoms with E-state index in [1.54, 1.807) is 38.1 Å². The van der Waals surface area contributed by atoms with Crippen molar-refractivity contribution < 1.29 is 31.8 Å². The van der Waals surface area contributed by atoms with Gasteiger partial charge in [0.15, 0.2) is 5.75 Å². The number of hydrogen-bond acceptors (Lipinski definition) is 5. The number of carbonyl (C=O) groups excluding carboxylic acids is 1. The number of phenolic OH excluding ortho intramolecular Hbond substituents is 1. The molecule has 0 saturated carbocycles. The standard InChI is InChI=1S/C24H21ClF2N2O5S/c1-13(2)29-7-8-34-21-6-4-3-5-15(21)16-11-20(19(27)12-18(16)26)28-35(32,33)22-10-14(24(29)31)9-17(25)23(22)30/h3-6,9-13,28,30H,7-8H2,1-2H3. The van der Waals surface area contributed by atoms with Crippen molar-refractivity contribution in [1.82, 2.24) is 4.90 Å². The topological polar surface area (TPSA) is 95.9 Å². The van der Waals surface area contributed by atoms with Crippen molar-refractivity contribution in [3.05, 3.63) is 70.8 Å². The van der Waals surface area contributed by atoms with Crippen molar-refractivity contribution in [2.75, 3.05) is 17.9 Å². The van der Waals surface area contributed by atoms with Crippen LogP contribution in [-0.4, -0.2) is 43.5 Å². The van der Waals surface area contributed by atoms with Crippen LogP contribution in [0.4, 0.5) is 14.5 Å². The lowest BCUT2D eigenvalue weighted by Crippen LogP contribution is -2.40. The van der Waals surface area contributed by atoms with E-state index >= 15 is 0 Å². The highest BCUT2D eigenvalue weighted by Gasteiger charge is 2.28. The van der Waals surface area contributed by atoms with E-state index in [-0.39, 0.29) is 46.7 Å². The lowest BCUT2D eigenvalue weighted by Gasteiger charge is -2.27. The number of anilines is 1. The first-order valence-corrected chi connectivity index (χ1v) is 12.4. The van der Waals surface area contributed by atoms with E-state index in [1.165, 1.54) is 4.90 Å². The van der Waals surface area contributed by atoms with E-state index in [2.05, 4.69) is 0 Å². The zero-order chi connectivity index (χ0) is 25.5. The number of carbonyl (C=O) groups is 1. The average molecular weight is 523 g/mol. The number of rotatable bonds is 1. The molecule has 4 rings (SSSR count). The summed E-state index contributed by atoms with van der Waals surface area (Å²) in [6.07, 6.45) is 0. The van der Waals surface area contributed by atoms with Gasteiger partial charge in [0.2, 0.25) is 0 Å². The second-order valence-corrected chi connectivity index (χ2v) is 10.2. The Hall–Kier alpha value is -3.37. The maximum absolute atomic E-state index is 14.8. The molecular formula is C24H21ClF2N2O5S. The summed E-state index contributed by atoms with van der Waals surface area (Å²) < 4.78 is 63.6. The molecule has 1 heterocycles. The van der Waals surface area contributed by atoms with Crippen LogP contribution in [0.1, 0.15) is 24.2 Å². The fraction of sp³-hybridized carbons (Fsp3) is 0.208. The second-order valence-electron chi connectivity index (χ2n) is 8.16. The Morgan fingerprint density at radius 1 is 1.09 bits per heavy atom. The Morgan fingerprint density at radius 3 is 2.51 bits per heavy atom. The SMILES string of the molecule is CC(C)N1CCOc2ccccc2-c2cc(c(F)cc2F)NS(=O)(=O)c2cc(cc(Cl)c2O)C1=O. The van der Waals surface area contributed by atoms with Gasteiger partial charge < -0.3 is 14.7 Å². The Kier molecular flexibility index (Phi) is 6.61. The van der Waals surface area contributed by atoms with Crippen molar-refractivity contribution in [2.24, 2.45) is 0 Å². The largest absolute Gasteiger partial charge is 0.505 e. The molecule has 7 nitrogen and oxygen atoms in total. The molecule has 0 aromatic heterocycles. The number of nitrogens with one attached hydrogen (secondary N) is 1. The first-order valence-electron chi connectivity index (χ1n) is 10.6. The van der Waals surface area contributed by atoms with E-state index in [9.17, 15) is 27.1 Å². The van der Waals surface area contributed by atoms with E-state index in [4.69, 9.17) is 16.3 Å². The van der Waals surface area contributed by atoms with Crippen LogP contribution >= 0.6 is 11.6 Å². The van der Waals surface area contributed by atoms with Crippen LogP contribution in [0.2, 0.25) is 5.02 Å². The number of phenols is 1. The van der Waals surface area contributed by atoms with Crippen LogP contribution in [0, 0.1) is 11.6 Å². The highest BCUT2D eigenvalue weighted by molar-refractivity contribution is 7.92. The van der Waals surface area contributed by atoms with Gasteiger partial charge in [-0.05, 0) is 38.1 Å². The third kappa shape index (κ3) is 4.76. The molecule has 1 amide bonds. The highest BCUT2D eigenvalue weighted by atomic mass is 35.5. The molecule has 0 atom stereocenters. The lowest BCUT2D eigenvalue weighted by molar-refractivity contribution is 0.0675. The summed E-state index contributed by atoms with van der Waals surface area (Å²) in [5.74, 6) is -3.21. The van der Waals surface area contributed by atoms with Gasteiger partial charge in [-0.25, -0.2) is 17.2 Å². The van der Waals surface area contributed by atoms with Gasteiger partial charge >= 0.3 is 0 Å². The maximum Gasteiger partial charge on any atom is 0.265 e. The molecule has 4 bridgehead atoms. The Labute approximate surface area is 206 Å². The number of amides is 1. The molecule has 1 aliphatic heterocycles. The molecule has 3 aromatic rings. The minimum absolute atomic E-state index is 0.0336. The Bertz CT molecular complexity index is 1430. The number of aromatic hydroxyl groups is 1. The number of halogens is 3. The third-order valence-electron chi connectivity index (χ3n) is 5.52. The second kappa shape index (κ2) is 9.35. The quantitative estimate of drug-likeness (QED) is 0.467. The van der Waals surface area contributed by atoms with Crippen molar-refractivity contribution >= 4 is 33.2 Å². The normalized spacial score (nSPS) is 15.5. The van der Waals surface area contributed by atoms with E-state index in [0.29, 0.717) is 6.07 Å². The summed E-state index contributed by atoms with van der Waals surface area (Å²) in [7, 11) is -4.65. The Morgan fingerprint density at radius 2 is 1.80 bits per heavy atom. The molecule has 3 aromatic carbocycles. The summed E-state index contributed by atoms with van der Waals surface area (Å²) >= 11 is 6.05. The fourth-order valence-corrected chi connectivity index (χ4v) is 5.24. The molecule has 0 spiro atoms. The molecule has 0 unspecified atom stereocenters. The molecular weight excluding hydrogens is 502 g/mol. The zero-order valence-electron chi connectivity index (χ0n) is 18.7. The van der Waals surface area contributed by atoms with Gasteiger partial charge in [-0.1, -0.05) is 29.8 Å². The molecule has 11 heteroatoms. The molecule has 1 aliphatic rings. The summed E-state index contributed by atoms with van der Waals surface area (Å²) in [5.41, 5.74) is -0.517. The van der Waals surface area contributed by atoms with Crippen molar-refractivity contribution in [3.8, 4) is 22.6 Å². The minimum atomic E-state index is -4.65. The molecule has 2 N–H and O–H groups in total. The first-order chi connectivity index (χ1) is 16.5. The minimum Gasteiger partial charge on any atom is -0.505 e. The number of sulfonamides is 1. The summed E-state index contributed by atoms with van der Waals surface area (Å²) in [6, 6.07) is 9.77. The van der Waals surface area contributed by atoms with Gasteiger partial charge in [0, 0.05) is 28.8 Å². The number of ether oxygens (including phenoxy) is 1. The number of nitrogens with zero attached hydrogens (tertiary/aromatic N) is 1. The van der Waals surface area contributed by atoms with Gasteiger partial charge in [0.05, 0.1) is 17.3 Å². The first kappa shape index (κ1) is 24.7. The van der Waals surface area contributed by atoms with Crippen LogP contribution in [-0.2, 0) is 10.0 Å². The molecule has 0 saturated heterocycles. The lowest BCUT2D eigenvalue weighted by atomic mass is 10.0. The van der Waals surface area contributed by atoms with Gasteiger partial charge in [-0.3, -0.25) is 9.52 Å². The van der Waals surface area contributed by atoms with Gasteiger partial charge in [-0.2, -0.15) is 0 Å². The molecule has 184 valence electrons. The van der Waals surface area contributed by atoms with Crippen LogP contribution in [0.5, 0.6) is 11.5 Å². The predicted octanol–water partition coefficient (Wildman–Crippen LogP) is 5.03. The molecule has 0 aliphatic carbocycles. The number of benzene rings is 3. The fourth-order valence-electron chi connectivity index (χ4n) is 3.76. The van der Waals surface area contributed by atoms with Crippen molar-refractivity contribution in [2.45, 2.75) is 24.8 Å². The van der Waals surface area contributed by atoms with Crippen molar-refractivity contribution in [1.29, 1.82) is 0 Å². The average Bonchev–Trinajstić information content (AvgIpc) is 2.79. The van der Waals surface area contributed by atoms with Crippen molar-refractivity contribution in [3.63, 3.8) is 0 Å². The maximum atomic E-state index is 14.8. The zero-order valence-corrected chi connectivity index (χ0v) is 20.3. The molecule has 0 fully saturated rings. The van der Waals surface area contributed by atoms with Crippen LogP contribution in [0.25, 0.3) is 11.1 Å². The van der Waals surface area contributed by atoms with Crippen LogP contribution in [0.15, 0.2) is 53.4 Å². The number of hydrogen-bond donors (Lipinski definition) is 2. The van der Waals surface area contributed by atoms with Crippen LogP contribution in [0.3, 0.4) is 0 Å². The summed E-state index contributed by atoms with van der Waals surface area (Å²) in [5, 5.41) is 9.99. The van der Waals surface area contributed by atoms with E-state index < -0.39 is 43.9 Å². The Balaban J connectivity index is 1.97. The number of fused-ring (bicyclic) bond motifs is 6. The molecule has 35 heavy (non-hydrogen) atoms. The summed E-state index contributed by atoms with van der Waals surface area (Å²) in [6.45, 7) is 3.68. The third-order valence-corrected chi connectivity index (χ3v) is 7.18.